The minimum atomic E-state index is -0.837. The molecule has 6 nitrogen and oxygen atoms in total. The molecule has 1 heterocycles. The lowest BCUT2D eigenvalue weighted by molar-refractivity contribution is -0.143. The first kappa shape index (κ1) is 15.8. The van der Waals surface area contributed by atoms with Gasteiger partial charge < -0.3 is 14.9 Å². The number of hydrogen-bond acceptors (Lipinski definition) is 3. The van der Waals surface area contributed by atoms with Gasteiger partial charge >= 0.3 is 5.97 Å². The molecule has 0 atom stereocenters. The molecule has 21 heavy (non-hydrogen) atoms. The predicted octanol–water partition coefficient (Wildman–Crippen LogP) is 1.10. The van der Waals surface area contributed by atoms with Crippen LogP contribution in [0.2, 0.25) is 0 Å². The van der Waals surface area contributed by atoms with Crippen LogP contribution in [0.3, 0.4) is 0 Å². The molecule has 2 amide bonds. The van der Waals surface area contributed by atoms with Gasteiger partial charge in [-0.2, -0.15) is 0 Å². The SMILES string of the molecule is CN1CCCN(C(=O)CC2(CC(=O)O)CCCC2)CC1=O. The lowest BCUT2D eigenvalue weighted by atomic mass is 9.79. The molecule has 0 radical (unpaired) electrons. The molecule has 1 N–H and O–H groups in total. The zero-order valence-electron chi connectivity index (χ0n) is 12.6. The third-order valence-corrected chi connectivity index (χ3v) is 4.74. The maximum atomic E-state index is 12.5. The average molecular weight is 296 g/mol. The van der Waals surface area contributed by atoms with Crippen LogP contribution in [0.4, 0.5) is 0 Å². The second kappa shape index (κ2) is 6.45. The Morgan fingerprint density at radius 1 is 1.14 bits per heavy atom. The van der Waals surface area contributed by atoms with E-state index in [0.717, 1.165) is 32.1 Å². The smallest absolute Gasteiger partial charge is 0.303 e. The second-order valence-electron chi connectivity index (χ2n) is 6.44. The minimum Gasteiger partial charge on any atom is -0.481 e. The molecular formula is C15H24N2O4. The molecule has 1 aliphatic carbocycles. The number of carbonyl (C=O) groups excluding carboxylic acids is 2. The van der Waals surface area contributed by atoms with E-state index >= 15 is 0 Å². The molecule has 2 rings (SSSR count). The van der Waals surface area contributed by atoms with Gasteiger partial charge in [0.2, 0.25) is 11.8 Å². The molecule has 118 valence electrons. The molecule has 2 fully saturated rings. The maximum absolute atomic E-state index is 12.5. The molecule has 0 aromatic carbocycles. The highest BCUT2D eigenvalue weighted by Gasteiger charge is 2.39. The van der Waals surface area contributed by atoms with E-state index in [1.54, 1.807) is 16.8 Å². The van der Waals surface area contributed by atoms with Crippen LogP contribution in [-0.4, -0.2) is 59.4 Å². The van der Waals surface area contributed by atoms with Crippen LogP contribution in [0, 0.1) is 5.41 Å². The first-order valence-electron chi connectivity index (χ1n) is 7.65. The van der Waals surface area contributed by atoms with E-state index in [-0.39, 0.29) is 31.2 Å². The maximum Gasteiger partial charge on any atom is 0.303 e. The minimum absolute atomic E-state index is 0.0421. The van der Waals surface area contributed by atoms with Crippen LogP contribution >= 0.6 is 0 Å². The van der Waals surface area contributed by atoms with E-state index in [0.29, 0.717) is 13.1 Å². The Labute approximate surface area is 125 Å². The normalized spacial score (nSPS) is 22.2. The predicted molar refractivity (Wildman–Crippen MR) is 76.6 cm³/mol. The standard InChI is InChI=1S/C15H24N2O4/c1-16-7-4-8-17(11-13(16)19)12(18)9-15(10-14(20)21)5-2-3-6-15/h2-11H2,1H3,(H,20,21). The van der Waals surface area contributed by atoms with Crippen molar-refractivity contribution < 1.29 is 19.5 Å². The Morgan fingerprint density at radius 2 is 1.81 bits per heavy atom. The van der Waals surface area contributed by atoms with E-state index in [1.807, 2.05) is 0 Å². The summed E-state index contributed by atoms with van der Waals surface area (Å²) >= 11 is 0. The molecular weight excluding hydrogens is 272 g/mol. The van der Waals surface area contributed by atoms with Crippen molar-refractivity contribution in [3.63, 3.8) is 0 Å². The number of carbonyl (C=O) groups is 3. The van der Waals surface area contributed by atoms with E-state index in [2.05, 4.69) is 0 Å². The van der Waals surface area contributed by atoms with E-state index in [4.69, 9.17) is 5.11 Å². The lowest BCUT2D eigenvalue weighted by Gasteiger charge is -2.29. The van der Waals surface area contributed by atoms with Gasteiger partial charge in [-0.1, -0.05) is 12.8 Å². The molecule has 2 aliphatic rings. The molecule has 1 saturated carbocycles. The van der Waals surface area contributed by atoms with Crippen LogP contribution < -0.4 is 0 Å². The Morgan fingerprint density at radius 3 is 2.43 bits per heavy atom. The van der Waals surface area contributed by atoms with Gasteiger partial charge in [-0.3, -0.25) is 14.4 Å². The van der Waals surface area contributed by atoms with Crippen molar-refractivity contribution in [1.29, 1.82) is 0 Å². The average Bonchev–Trinajstić information content (AvgIpc) is 2.76. The van der Waals surface area contributed by atoms with Gasteiger partial charge in [0.15, 0.2) is 0 Å². The summed E-state index contributed by atoms with van der Waals surface area (Å²) in [5, 5.41) is 9.10. The highest BCUT2D eigenvalue weighted by molar-refractivity contribution is 5.85. The van der Waals surface area contributed by atoms with Crippen LogP contribution in [0.1, 0.15) is 44.9 Å². The Bertz CT molecular complexity index is 429. The highest BCUT2D eigenvalue weighted by atomic mass is 16.4. The number of amides is 2. The van der Waals surface area contributed by atoms with Gasteiger partial charge in [0.1, 0.15) is 0 Å². The first-order valence-corrected chi connectivity index (χ1v) is 7.65. The van der Waals surface area contributed by atoms with Crippen LogP contribution in [0.15, 0.2) is 0 Å². The van der Waals surface area contributed by atoms with Crippen molar-refractivity contribution in [3.8, 4) is 0 Å². The molecule has 0 unspecified atom stereocenters. The van der Waals surface area contributed by atoms with Crippen molar-refractivity contribution in [3.05, 3.63) is 0 Å². The van der Waals surface area contributed by atoms with Crippen LogP contribution in [0.5, 0.6) is 0 Å². The van der Waals surface area contributed by atoms with Crippen LogP contribution in [-0.2, 0) is 14.4 Å². The van der Waals surface area contributed by atoms with E-state index in [1.165, 1.54) is 0 Å². The van der Waals surface area contributed by atoms with Crippen molar-refractivity contribution in [2.75, 3.05) is 26.7 Å². The van der Waals surface area contributed by atoms with Gasteiger partial charge in [0, 0.05) is 26.6 Å². The number of aliphatic carboxylic acids is 1. The number of carboxylic acids is 1. The number of likely N-dealkylation sites (N-methyl/N-ethyl adjacent to an activating group) is 1. The molecule has 6 heteroatoms. The number of hydrogen-bond donors (Lipinski definition) is 1. The largest absolute Gasteiger partial charge is 0.481 e. The Kier molecular flexibility index (Phi) is 4.85. The van der Waals surface area contributed by atoms with Gasteiger partial charge in [0.05, 0.1) is 13.0 Å². The van der Waals surface area contributed by atoms with E-state index in [9.17, 15) is 14.4 Å². The fraction of sp³-hybridized carbons (Fsp3) is 0.800. The monoisotopic (exact) mass is 296 g/mol. The lowest BCUT2D eigenvalue weighted by Crippen LogP contribution is -2.40. The fourth-order valence-electron chi connectivity index (χ4n) is 3.49. The second-order valence-corrected chi connectivity index (χ2v) is 6.44. The molecule has 1 saturated heterocycles. The summed E-state index contributed by atoms with van der Waals surface area (Å²) in [6.45, 7) is 1.37. The first-order chi connectivity index (χ1) is 9.92. The van der Waals surface area contributed by atoms with Gasteiger partial charge in [-0.05, 0) is 24.7 Å². The summed E-state index contributed by atoms with van der Waals surface area (Å²) in [4.78, 5) is 38.7. The Hall–Kier alpha value is -1.59. The Balaban J connectivity index is 2.01. The number of rotatable bonds is 4. The summed E-state index contributed by atoms with van der Waals surface area (Å²) in [6, 6.07) is 0. The van der Waals surface area contributed by atoms with Crippen molar-refractivity contribution in [2.45, 2.75) is 44.9 Å². The van der Waals surface area contributed by atoms with Gasteiger partial charge in [-0.25, -0.2) is 0 Å². The molecule has 0 aromatic heterocycles. The topological polar surface area (TPSA) is 77.9 Å². The molecule has 0 bridgehead atoms. The molecule has 1 aliphatic heterocycles. The summed E-state index contributed by atoms with van der Waals surface area (Å²) < 4.78 is 0. The summed E-state index contributed by atoms with van der Waals surface area (Å²) in [5.74, 6) is -0.947. The fourth-order valence-corrected chi connectivity index (χ4v) is 3.49. The number of nitrogens with zero attached hydrogens (tertiary/aromatic N) is 2. The van der Waals surface area contributed by atoms with Crippen molar-refractivity contribution in [2.24, 2.45) is 5.41 Å². The molecule has 0 aromatic rings. The zero-order valence-corrected chi connectivity index (χ0v) is 12.6. The zero-order chi connectivity index (χ0) is 15.5. The van der Waals surface area contributed by atoms with Crippen molar-refractivity contribution in [1.82, 2.24) is 9.80 Å². The van der Waals surface area contributed by atoms with E-state index < -0.39 is 11.4 Å². The van der Waals surface area contributed by atoms with Crippen molar-refractivity contribution >= 4 is 17.8 Å². The molecule has 0 spiro atoms. The summed E-state index contributed by atoms with van der Waals surface area (Å²) in [6.07, 6.45) is 4.67. The highest BCUT2D eigenvalue weighted by Crippen LogP contribution is 2.44. The van der Waals surface area contributed by atoms with Gasteiger partial charge in [0.25, 0.3) is 0 Å². The quantitative estimate of drug-likeness (QED) is 0.842. The third-order valence-electron chi connectivity index (χ3n) is 4.74. The summed E-state index contributed by atoms with van der Waals surface area (Å²) in [7, 11) is 1.75. The van der Waals surface area contributed by atoms with Gasteiger partial charge in [-0.15, -0.1) is 0 Å². The third kappa shape index (κ3) is 3.95. The van der Waals surface area contributed by atoms with Crippen LogP contribution in [0.25, 0.3) is 0 Å². The summed E-state index contributed by atoms with van der Waals surface area (Å²) in [5.41, 5.74) is -0.399. The number of carboxylic acid groups (broad SMARTS) is 1.